The van der Waals surface area contributed by atoms with Crippen LogP contribution in [0.2, 0.25) is 0 Å². The van der Waals surface area contributed by atoms with Crippen molar-refractivity contribution < 1.29 is 15.0 Å². The molecule has 0 aliphatic carbocycles. The number of aliphatic carboxylic acids is 1. The van der Waals surface area contributed by atoms with E-state index in [4.69, 9.17) is 21.7 Å². The average Bonchev–Trinajstić information content (AvgIpc) is 2.03. The second-order valence-corrected chi connectivity index (χ2v) is 2.73. The van der Waals surface area contributed by atoms with Crippen molar-refractivity contribution >= 4 is 5.97 Å². The summed E-state index contributed by atoms with van der Waals surface area (Å²) < 4.78 is 0. The van der Waals surface area contributed by atoms with Crippen molar-refractivity contribution in [2.45, 2.75) is 31.4 Å². The Morgan fingerprint density at radius 3 is 2.42 bits per heavy atom. The monoisotopic (exact) mass is 176 g/mol. The fourth-order valence-electron chi connectivity index (χ4n) is 0.865. The van der Waals surface area contributed by atoms with E-state index < -0.39 is 18.1 Å². The van der Waals surface area contributed by atoms with Crippen LogP contribution in [0.5, 0.6) is 0 Å². The van der Waals surface area contributed by atoms with Crippen molar-refractivity contribution in [3.63, 3.8) is 0 Å². The predicted molar refractivity (Wildman–Crippen MR) is 44.5 cm³/mol. The van der Waals surface area contributed by atoms with Crippen molar-refractivity contribution in [2.24, 2.45) is 11.5 Å². The van der Waals surface area contributed by atoms with E-state index in [1.165, 1.54) is 0 Å². The van der Waals surface area contributed by atoms with Gasteiger partial charge in [-0.05, 0) is 19.4 Å². The number of unbranched alkanes of at least 4 members (excludes halogenated alkanes) is 1. The molecule has 0 aromatic heterocycles. The molecule has 0 aliphatic rings. The minimum Gasteiger partial charge on any atom is -0.479 e. The molecule has 72 valence electrons. The highest BCUT2D eigenvalue weighted by molar-refractivity contribution is 5.72. The van der Waals surface area contributed by atoms with Crippen molar-refractivity contribution in [1.82, 2.24) is 0 Å². The van der Waals surface area contributed by atoms with Gasteiger partial charge in [0.05, 0.1) is 0 Å². The molecule has 0 saturated heterocycles. The Hall–Kier alpha value is -0.650. The summed E-state index contributed by atoms with van der Waals surface area (Å²) >= 11 is 0. The number of hydrogen-bond acceptors (Lipinski definition) is 4. The second-order valence-electron chi connectivity index (χ2n) is 2.73. The van der Waals surface area contributed by atoms with Crippen LogP contribution < -0.4 is 11.5 Å². The summed E-state index contributed by atoms with van der Waals surface area (Å²) in [7, 11) is 0. The van der Waals surface area contributed by atoms with E-state index in [1.807, 2.05) is 0 Å². The lowest BCUT2D eigenvalue weighted by Crippen LogP contribution is -2.40. The van der Waals surface area contributed by atoms with Crippen LogP contribution in [0.3, 0.4) is 0 Å². The Kier molecular flexibility index (Phi) is 5.61. The lowest BCUT2D eigenvalue weighted by Gasteiger charge is -2.13. The third-order valence-corrected chi connectivity index (χ3v) is 1.65. The maximum Gasteiger partial charge on any atom is 0.334 e. The zero-order valence-corrected chi connectivity index (χ0v) is 6.94. The molecule has 0 spiro atoms. The molecule has 6 N–H and O–H groups in total. The van der Waals surface area contributed by atoms with Crippen LogP contribution in [0.15, 0.2) is 0 Å². The molecular formula is C7H16N2O3. The molecule has 0 rings (SSSR count). The first-order valence-corrected chi connectivity index (χ1v) is 3.96. The average molecular weight is 176 g/mol. The first-order chi connectivity index (χ1) is 5.59. The molecule has 5 nitrogen and oxygen atoms in total. The summed E-state index contributed by atoms with van der Waals surface area (Å²) in [6.07, 6.45) is 0.593. The van der Waals surface area contributed by atoms with Crippen LogP contribution in [0, 0.1) is 0 Å². The molecule has 0 heterocycles. The zero-order valence-electron chi connectivity index (χ0n) is 6.94. The van der Waals surface area contributed by atoms with Crippen LogP contribution in [-0.2, 0) is 4.79 Å². The molecule has 0 bridgehead atoms. The standard InChI is InChI=1S/C7H16N2O3/c8-4-2-1-3-5(9)6(10)7(11)12/h5-6,10H,1-4,8-9H2,(H,11,12)/t5-,6+/m1/s1. The van der Waals surface area contributed by atoms with E-state index in [-0.39, 0.29) is 0 Å². The quantitative estimate of drug-likeness (QED) is 0.383. The SMILES string of the molecule is NCCCC[C@@H](N)[C@H](O)C(=O)O. The first-order valence-electron chi connectivity index (χ1n) is 3.96. The summed E-state index contributed by atoms with van der Waals surface area (Å²) in [6, 6.07) is -0.686. The molecule has 12 heavy (non-hydrogen) atoms. The van der Waals surface area contributed by atoms with E-state index in [2.05, 4.69) is 0 Å². The Labute approximate surface area is 71.4 Å². The minimum atomic E-state index is -1.46. The lowest BCUT2D eigenvalue weighted by molar-refractivity contribution is -0.147. The van der Waals surface area contributed by atoms with E-state index in [9.17, 15) is 4.79 Å². The Balaban J connectivity index is 3.56. The van der Waals surface area contributed by atoms with Gasteiger partial charge in [0, 0.05) is 6.04 Å². The van der Waals surface area contributed by atoms with E-state index in [0.717, 1.165) is 12.8 Å². The molecule has 0 aromatic carbocycles. The van der Waals surface area contributed by atoms with Gasteiger partial charge >= 0.3 is 5.97 Å². The number of aliphatic hydroxyl groups is 1. The molecule has 0 saturated carbocycles. The maximum absolute atomic E-state index is 10.2. The van der Waals surface area contributed by atoms with Crippen LogP contribution in [0.1, 0.15) is 19.3 Å². The van der Waals surface area contributed by atoms with Gasteiger partial charge in [-0.1, -0.05) is 6.42 Å². The normalized spacial score (nSPS) is 15.6. The minimum absolute atomic E-state index is 0.491. The molecule has 0 unspecified atom stereocenters. The fourth-order valence-corrected chi connectivity index (χ4v) is 0.865. The van der Waals surface area contributed by atoms with Crippen molar-refractivity contribution in [1.29, 1.82) is 0 Å². The van der Waals surface area contributed by atoms with Crippen LogP contribution in [-0.4, -0.2) is 34.9 Å². The van der Waals surface area contributed by atoms with Crippen LogP contribution in [0.25, 0.3) is 0 Å². The van der Waals surface area contributed by atoms with E-state index in [0.29, 0.717) is 13.0 Å². The number of nitrogens with two attached hydrogens (primary N) is 2. The Morgan fingerprint density at radius 2 is 2.00 bits per heavy atom. The number of carboxylic acids is 1. The van der Waals surface area contributed by atoms with Gasteiger partial charge in [0.2, 0.25) is 0 Å². The highest BCUT2D eigenvalue weighted by Crippen LogP contribution is 2.02. The third kappa shape index (κ3) is 4.27. The van der Waals surface area contributed by atoms with Gasteiger partial charge in [-0.3, -0.25) is 0 Å². The first kappa shape index (κ1) is 11.4. The van der Waals surface area contributed by atoms with Crippen LogP contribution in [0.4, 0.5) is 0 Å². The third-order valence-electron chi connectivity index (χ3n) is 1.65. The topological polar surface area (TPSA) is 110 Å². The van der Waals surface area contributed by atoms with Gasteiger partial charge in [-0.25, -0.2) is 4.79 Å². The van der Waals surface area contributed by atoms with Gasteiger partial charge in [-0.2, -0.15) is 0 Å². The smallest absolute Gasteiger partial charge is 0.334 e. The Morgan fingerprint density at radius 1 is 1.42 bits per heavy atom. The largest absolute Gasteiger partial charge is 0.479 e. The van der Waals surface area contributed by atoms with Crippen molar-refractivity contribution in [2.75, 3.05) is 6.54 Å². The molecule has 0 radical (unpaired) electrons. The maximum atomic E-state index is 10.2. The van der Waals surface area contributed by atoms with Crippen LogP contribution >= 0.6 is 0 Å². The predicted octanol–water partition coefficient (Wildman–Crippen LogP) is -1.11. The molecular weight excluding hydrogens is 160 g/mol. The molecule has 5 heteroatoms. The Bertz CT molecular complexity index is 141. The van der Waals surface area contributed by atoms with Gasteiger partial charge in [0.1, 0.15) is 0 Å². The number of hydrogen-bond donors (Lipinski definition) is 4. The summed E-state index contributed by atoms with van der Waals surface area (Å²) in [5.74, 6) is -1.27. The lowest BCUT2D eigenvalue weighted by atomic mass is 10.1. The molecule has 0 amide bonds. The van der Waals surface area contributed by atoms with Gasteiger partial charge in [0.25, 0.3) is 0 Å². The number of rotatable bonds is 6. The molecule has 2 atom stereocenters. The van der Waals surface area contributed by atoms with E-state index in [1.54, 1.807) is 0 Å². The molecule has 0 fully saturated rings. The van der Waals surface area contributed by atoms with Crippen molar-refractivity contribution in [3.8, 4) is 0 Å². The van der Waals surface area contributed by atoms with Crippen molar-refractivity contribution in [3.05, 3.63) is 0 Å². The van der Waals surface area contributed by atoms with Gasteiger partial charge < -0.3 is 21.7 Å². The summed E-state index contributed by atoms with van der Waals surface area (Å²) in [6.45, 7) is 0.565. The molecule has 0 aliphatic heterocycles. The number of carbonyl (C=O) groups is 1. The van der Waals surface area contributed by atoms with E-state index >= 15 is 0 Å². The summed E-state index contributed by atoms with van der Waals surface area (Å²) in [5, 5.41) is 17.3. The molecule has 0 aromatic rings. The van der Waals surface area contributed by atoms with Gasteiger partial charge in [-0.15, -0.1) is 0 Å². The number of aliphatic hydroxyl groups excluding tert-OH is 1. The summed E-state index contributed by atoms with van der Waals surface area (Å²) in [5.41, 5.74) is 10.6. The number of carboxylic acid groups (broad SMARTS) is 1. The summed E-state index contributed by atoms with van der Waals surface area (Å²) in [4.78, 5) is 10.2. The second kappa shape index (κ2) is 5.93. The fraction of sp³-hybridized carbons (Fsp3) is 0.857. The highest BCUT2D eigenvalue weighted by Gasteiger charge is 2.20. The van der Waals surface area contributed by atoms with Gasteiger partial charge in [0.15, 0.2) is 6.10 Å². The highest BCUT2D eigenvalue weighted by atomic mass is 16.4. The zero-order chi connectivity index (χ0) is 9.56.